The molecule has 0 aromatic heterocycles. The van der Waals surface area contributed by atoms with Crippen LogP contribution in [0.15, 0.2) is 24.3 Å². The minimum Gasteiger partial charge on any atom is -0.380 e. The molecule has 1 aliphatic heterocycles. The topological polar surface area (TPSA) is 24.5 Å². The molecule has 1 atom stereocenters. The van der Waals surface area contributed by atoms with E-state index in [4.69, 9.17) is 4.74 Å². The molecule has 1 aliphatic rings. The Morgan fingerprint density at radius 2 is 2.00 bits per heavy atom. The number of methoxy groups -OCH3 is 1. The van der Waals surface area contributed by atoms with Crippen LogP contribution in [0.3, 0.4) is 0 Å². The number of likely N-dealkylation sites (tertiary alicyclic amines) is 1. The van der Waals surface area contributed by atoms with Crippen LogP contribution >= 0.6 is 0 Å². The maximum Gasteiger partial charge on any atom is 0.0713 e. The van der Waals surface area contributed by atoms with Gasteiger partial charge in [0.25, 0.3) is 0 Å². The second-order valence-corrected chi connectivity index (χ2v) is 5.23. The van der Waals surface area contributed by atoms with Gasteiger partial charge < -0.3 is 15.0 Å². The van der Waals surface area contributed by atoms with E-state index in [2.05, 4.69) is 41.5 Å². The van der Waals surface area contributed by atoms with Crippen LogP contribution in [0.2, 0.25) is 0 Å². The number of nitrogens with zero attached hydrogens (tertiary/aromatic N) is 1. The molecule has 1 aromatic carbocycles. The molecular weight excluding hydrogens is 224 g/mol. The normalized spacial score (nSPS) is 21.1. The second kappa shape index (κ2) is 6.88. The molecule has 3 nitrogen and oxygen atoms in total. The van der Waals surface area contributed by atoms with Crippen molar-refractivity contribution in [1.82, 2.24) is 10.2 Å². The molecule has 1 heterocycles. The number of rotatable bonds is 5. The van der Waals surface area contributed by atoms with Crippen molar-refractivity contribution >= 4 is 0 Å². The lowest BCUT2D eigenvalue weighted by Crippen LogP contribution is -2.43. The number of likely N-dealkylation sites (N-methyl/N-ethyl adjacent to an activating group) is 1. The molecule has 1 N–H and O–H groups in total. The number of benzene rings is 1. The van der Waals surface area contributed by atoms with Gasteiger partial charge in [0, 0.05) is 26.2 Å². The van der Waals surface area contributed by atoms with E-state index in [-0.39, 0.29) is 0 Å². The summed E-state index contributed by atoms with van der Waals surface area (Å²) in [5.41, 5.74) is 2.58. The molecule has 1 saturated heterocycles. The fraction of sp³-hybridized carbons (Fsp3) is 0.600. The second-order valence-electron chi connectivity index (χ2n) is 5.23. The van der Waals surface area contributed by atoms with Crippen molar-refractivity contribution in [3.05, 3.63) is 35.4 Å². The summed E-state index contributed by atoms with van der Waals surface area (Å²) in [6, 6.07) is 9.31. The first-order valence-corrected chi connectivity index (χ1v) is 6.76. The van der Waals surface area contributed by atoms with Gasteiger partial charge in [-0.3, -0.25) is 0 Å². The number of hydrogen-bond acceptors (Lipinski definition) is 3. The zero-order valence-electron chi connectivity index (χ0n) is 11.5. The van der Waals surface area contributed by atoms with Gasteiger partial charge in [-0.1, -0.05) is 24.3 Å². The molecule has 18 heavy (non-hydrogen) atoms. The van der Waals surface area contributed by atoms with Gasteiger partial charge in [-0.15, -0.1) is 0 Å². The van der Waals surface area contributed by atoms with Gasteiger partial charge in [-0.2, -0.15) is 0 Å². The van der Waals surface area contributed by atoms with Crippen molar-refractivity contribution < 1.29 is 4.74 Å². The fourth-order valence-electron chi connectivity index (χ4n) is 2.52. The first kappa shape index (κ1) is 13.5. The number of ether oxygens (including phenoxy) is 1. The van der Waals surface area contributed by atoms with Crippen LogP contribution < -0.4 is 5.32 Å². The van der Waals surface area contributed by atoms with Gasteiger partial charge in [-0.05, 0) is 37.6 Å². The number of nitrogens with one attached hydrogen (secondary N) is 1. The molecule has 0 bridgehead atoms. The molecule has 3 heteroatoms. The van der Waals surface area contributed by atoms with Gasteiger partial charge in [0.1, 0.15) is 0 Å². The third-order valence-corrected chi connectivity index (χ3v) is 3.55. The predicted octanol–water partition coefficient (Wildman–Crippen LogP) is 2.02. The van der Waals surface area contributed by atoms with Gasteiger partial charge >= 0.3 is 0 Å². The van der Waals surface area contributed by atoms with Crippen LogP contribution in [-0.4, -0.2) is 38.2 Å². The Kier molecular flexibility index (Phi) is 5.17. The molecule has 0 radical (unpaired) electrons. The van der Waals surface area contributed by atoms with Crippen molar-refractivity contribution in [2.75, 3.05) is 27.2 Å². The summed E-state index contributed by atoms with van der Waals surface area (Å²) in [5.74, 6) is 0. The van der Waals surface area contributed by atoms with Gasteiger partial charge in [-0.25, -0.2) is 0 Å². The standard InChI is InChI=1S/C15H24N2O/c1-17-9-3-4-15(11-17)16-10-13-5-7-14(8-6-13)12-18-2/h5-8,15-16H,3-4,9-12H2,1-2H3. The average molecular weight is 248 g/mol. The van der Waals surface area contributed by atoms with Crippen molar-refractivity contribution in [3.63, 3.8) is 0 Å². The highest BCUT2D eigenvalue weighted by Gasteiger charge is 2.15. The minimum absolute atomic E-state index is 0.641. The van der Waals surface area contributed by atoms with Crippen LogP contribution in [0.4, 0.5) is 0 Å². The highest BCUT2D eigenvalue weighted by atomic mass is 16.5. The Morgan fingerprint density at radius 1 is 1.28 bits per heavy atom. The van der Waals surface area contributed by atoms with Gasteiger partial charge in [0.2, 0.25) is 0 Å². The van der Waals surface area contributed by atoms with E-state index >= 15 is 0 Å². The van der Waals surface area contributed by atoms with Crippen molar-refractivity contribution in [2.45, 2.75) is 32.0 Å². The summed E-state index contributed by atoms with van der Waals surface area (Å²) < 4.78 is 5.11. The minimum atomic E-state index is 0.641. The third-order valence-electron chi connectivity index (χ3n) is 3.55. The Labute approximate surface area is 110 Å². The van der Waals surface area contributed by atoms with Crippen molar-refractivity contribution in [3.8, 4) is 0 Å². The summed E-state index contributed by atoms with van der Waals surface area (Å²) in [6.07, 6.45) is 2.60. The summed E-state index contributed by atoms with van der Waals surface area (Å²) in [7, 11) is 3.93. The van der Waals surface area contributed by atoms with Crippen LogP contribution in [0.1, 0.15) is 24.0 Å². The predicted molar refractivity (Wildman–Crippen MR) is 74.5 cm³/mol. The van der Waals surface area contributed by atoms with E-state index in [0.717, 1.165) is 6.54 Å². The molecule has 100 valence electrons. The SMILES string of the molecule is COCc1ccc(CNC2CCCN(C)C2)cc1. The lowest BCUT2D eigenvalue weighted by Gasteiger charge is -2.30. The molecule has 0 amide bonds. The highest BCUT2D eigenvalue weighted by molar-refractivity contribution is 5.22. The lowest BCUT2D eigenvalue weighted by molar-refractivity contribution is 0.185. The Bertz CT molecular complexity index is 350. The molecule has 1 aromatic rings. The molecule has 1 unspecified atom stereocenters. The molecule has 2 rings (SSSR count). The van der Waals surface area contributed by atoms with E-state index < -0.39 is 0 Å². The zero-order chi connectivity index (χ0) is 12.8. The van der Waals surface area contributed by atoms with E-state index in [1.807, 2.05) is 0 Å². The number of hydrogen-bond donors (Lipinski definition) is 1. The van der Waals surface area contributed by atoms with Gasteiger partial charge in [0.05, 0.1) is 6.61 Å². The van der Waals surface area contributed by atoms with E-state index in [1.54, 1.807) is 7.11 Å². The molecule has 0 aliphatic carbocycles. The summed E-state index contributed by atoms with van der Waals surface area (Å²) >= 11 is 0. The van der Waals surface area contributed by atoms with Crippen LogP contribution in [0.25, 0.3) is 0 Å². The molecule has 0 saturated carbocycles. The Morgan fingerprint density at radius 3 is 2.67 bits per heavy atom. The van der Waals surface area contributed by atoms with E-state index in [9.17, 15) is 0 Å². The molecule has 1 fully saturated rings. The summed E-state index contributed by atoms with van der Waals surface area (Å²) in [4.78, 5) is 2.41. The Hall–Kier alpha value is -0.900. The molecular formula is C15H24N2O. The maximum absolute atomic E-state index is 5.11. The first-order chi connectivity index (χ1) is 8.78. The van der Waals surface area contributed by atoms with Crippen LogP contribution in [-0.2, 0) is 17.9 Å². The van der Waals surface area contributed by atoms with Crippen LogP contribution in [0, 0.1) is 0 Å². The Balaban J connectivity index is 1.78. The third kappa shape index (κ3) is 4.09. The first-order valence-electron chi connectivity index (χ1n) is 6.76. The quantitative estimate of drug-likeness (QED) is 0.863. The maximum atomic E-state index is 5.11. The van der Waals surface area contributed by atoms with Crippen molar-refractivity contribution in [2.24, 2.45) is 0 Å². The highest BCUT2D eigenvalue weighted by Crippen LogP contribution is 2.10. The monoisotopic (exact) mass is 248 g/mol. The van der Waals surface area contributed by atoms with E-state index in [0.29, 0.717) is 12.6 Å². The van der Waals surface area contributed by atoms with Crippen LogP contribution in [0.5, 0.6) is 0 Å². The van der Waals surface area contributed by atoms with Gasteiger partial charge in [0.15, 0.2) is 0 Å². The lowest BCUT2D eigenvalue weighted by atomic mass is 10.1. The zero-order valence-corrected chi connectivity index (χ0v) is 11.5. The smallest absolute Gasteiger partial charge is 0.0713 e. The fourth-order valence-corrected chi connectivity index (χ4v) is 2.52. The van der Waals surface area contributed by atoms with E-state index in [1.165, 1.54) is 37.1 Å². The largest absolute Gasteiger partial charge is 0.380 e. The molecule has 0 spiro atoms. The summed E-state index contributed by atoms with van der Waals surface area (Å²) in [5, 5.41) is 3.65. The number of piperidine rings is 1. The summed E-state index contributed by atoms with van der Waals surface area (Å²) in [6.45, 7) is 4.07. The average Bonchev–Trinajstić information content (AvgIpc) is 2.38. The van der Waals surface area contributed by atoms with Crippen molar-refractivity contribution in [1.29, 1.82) is 0 Å².